The Morgan fingerprint density at radius 1 is 0.895 bits per heavy atom. The van der Waals surface area contributed by atoms with Crippen molar-refractivity contribution in [1.82, 2.24) is 0 Å². The van der Waals surface area contributed by atoms with Gasteiger partial charge in [0.05, 0.1) is 5.38 Å². The Morgan fingerprint density at radius 3 is 2.26 bits per heavy atom. The molecular weight excluding hydrogens is 345 g/mol. The maximum atomic E-state index is 6.54. The van der Waals surface area contributed by atoms with Crippen molar-refractivity contribution < 1.29 is 0 Å². The third-order valence-electron chi connectivity index (χ3n) is 3.28. The number of benzene rings is 2. The molecule has 0 fully saturated rings. The van der Waals surface area contributed by atoms with Gasteiger partial charge in [0.15, 0.2) is 4.33 Å². The zero-order valence-electron chi connectivity index (χ0n) is 9.43. The van der Waals surface area contributed by atoms with Gasteiger partial charge in [-0.1, -0.05) is 70.7 Å². The van der Waals surface area contributed by atoms with E-state index >= 15 is 0 Å². The summed E-state index contributed by atoms with van der Waals surface area (Å²) in [6.07, 6.45) is 0. The van der Waals surface area contributed by atoms with Crippen LogP contribution in [0.3, 0.4) is 0 Å². The van der Waals surface area contributed by atoms with Crippen molar-refractivity contribution in [3.63, 3.8) is 0 Å². The molecule has 0 bridgehead atoms. The topological polar surface area (TPSA) is 0 Å². The smallest absolute Gasteiger partial charge is 0.113 e. The summed E-state index contributed by atoms with van der Waals surface area (Å²) in [4.78, 5) is 0. The number of alkyl halides is 3. The molecule has 0 saturated carbocycles. The minimum Gasteiger partial charge on any atom is -0.113 e. The molecule has 0 heterocycles. The molecule has 2 aromatic carbocycles. The molecule has 0 aliphatic heterocycles. The van der Waals surface area contributed by atoms with Gasteiger partial charge in [0, 0.05) is 15.6 Å². The van der Waals surface area contributed by atoms with Crippen LogP contribution in [0.25, 0.3) is 0 Å². The predicted molar refractivity (Wildman–Crippen MR) is 83.1 cm³/mol. The van der Waals surface area contributed by atoms with E-state index in [1.54, 1.807) is 18.2 Å². The van der Waals surface area contributed by atoms with Crippen LogP contribution in [-0.4, -0.2) is 0 Å². The SMILES string of the molecule is Clc1cccc2c1C(Cl)c1cccc(Cl)c1C2(Cl)Cl. The molecule has 0 radical (unpaired) electrons. The molecule has 1 unspecified atom stereocenters. The Bertz CT molecular complexity index is 663. The lowest BCUT2D eigenvalue weighted by Gasteiger charge is -2.34. The number of rotatable bonds is 0. The van der Waals surface area contributed by atoms with Gasteiger partial charge < -0.3 is 0 Å². The zero-order valence-corrected chi connectivity index (χ0v) is 13.2. The number of halogens is 5. The van der Waals surface area contributed by atoms with E-state index in [1.807, 2.05) is 18.2 Å². The Hall–Kier alpha value is -0.110. The van der Waals surface area contributed by atoms with Crippen molar-refractivity contribution >= 4 is 58.0 Å². The van der Waals surface area contributed by atoms with E-state index in [2.05, 4.69) is 0 Å². The van der Waals surface area contributed by atoms with E-state index in [0.29, 0.717) is 21.2 Å². The van der Waals surface area contributed by atoms with E-state index in [0.717, 1.165) is 11.1 Å². The Morgan fingerprint density at radius 2 is 1.53 bits per heavy atom. The Kier molecular flexibility index (Phi) is 3.44. The molecule has 3 rings (SSSR count). The van der Waals surface area contributed by atoms with Gasteiger partial charge >= 0.3 is 0 Å². The highest BCUT2D eigenvalue weighted by atomic mass is 35.5. The fourth-order valence-corrected chi connectivity index (χ4v) is 4.37. The van der Waals surface area contributed by atoms with Crippen LogP contribution >= 0.6 is 58.0 Å². The predicted octanol–water partition coefficient (Wildman–Crippen LogP) is 6.31. The zero-order chi connectivity index (χ0) is 13.8. The van der Waals surface area contributed by atoms with Crippen LogP contribution in [0.4, 0.5) is 0 Å². The quantitative estimate of drug-likeness (QED) is 0.487. The lowest BCUT2D eigenvalue weighted by Crippen LogP contribution is -2.24. The fraction of sp³-hybridized carbons (Fsp3) is 0.143. The summed E-state index contributed by atoms with van der Waals surface area (Å²) >= 11 is 32.1. The van der Waals surface area contributed by atoms with Gasteiger partial charge in [-0.05, 0) is 28.8 Å². The van der Waals surface area contributed by atoms with Crippen LogP contribution in [0, 0.1) is 0 Å². The second-order valence-electron chi connectivity index (χ2n) is 4.34. The maximum Gasteiger partial charge on any atom is 0.170 e. The summed E-state index contributed by atoms with van der Waals surface area (Å²) in [5.74, 6) is 0. The van der Waals surface area contributed by atoms with E-state index in [-0.39, 0.29) is 0 Å². The molecule has 0 amide bonds. The first-order chi connectivity index (χ1) is 8.94. The maximum absolute atomic E-state index is 6.54. The molecule has 5 heteroatoms. The number of hydrogen-bond acceptors (Lipinski definition) is 0. The summed E-state index contributed by atoms with van der Waals surface area (Å²) in [5, 5.41) is 0.635. The molecule has 1 aliphatic rings. The van der Waals surface area contributed by atoms with Gasteiger partial charge in [0.1, 0.15) is 0 Å². The van der Waals surface area contributed by atoms with Crippen molar-refractivity contribution in [1.29, 1.82) is 0 Å². The molecule has 0 saturated heterocycles. The van der Waals surface area contributed by atoms with E-state index < -0.39 is 9.71 Å². The van der Waals surface area contributed by atoms with Crippen molar-refractivity contribution in [2.24, 2.45) is 0 Å². The molecule has 2 aromatic rings. The molecule has 0 N–H and O–H groups in total. The highest BCUT2D eigenvalue weighted by Crippen LogP contribution is 2.56. The standard InChI is InChI=1S/C14H7Cl5/c15-9-5-2-4-8-11(9)13(17)7-3-1-6-10(16)12(7)14(8,18)19/h1-6,13H. The third kappa shape index (κ3) is 1.97. The van der Waals surface area contributed by atoms with E-state index in [1.165, 1.54) is 0 Å². The highest BCUT2D eigenvalue weighted by molar-refractivity contribution is 6.52. The minimum absolute atomic E-state index is 0.414. The lowest BCUT2D eigenvalue weighted by atomic mass is 9.84. The van der Waals surface area contributed by atoms with Gasteiger partial charge in [0.2, 0.25) is 0 Å². The molecule has 0 aromatic heterocycles. The number of hydrogen-bond donors (Lipinski definition) is 0. The third-order valence-corrected chi connectivity index (χ3v) is 5.16. The fourth-order valence-electron chi connectivity index (χ4n) is 2.44. The molecular formula is C14H7Cl5. The van der Waals surface area contributed by atoms with Crippen molar-refractivity contribution in [2.75, 3.05) is 0 Å². The van der Waals surface area contributed by atoms with Crippen molar-refractivity contribution in [3.8, 4) is 0 Å². The van der Waals surface area contributed by atoms with Crippen LogP contribution < -0.4 is 0 Å². The molecule has 1 atom stereocenters. The minimum atomic E-state index is -1.25. The molecule has 0 spiro atoms. The van der Waals surface area contributed by atoms with Gasteiger partial charge in [-0.2, -0.15) is 0 Å². The largest absolute Gasteiger partial charge is 0.170 e. The lowest BCUT2D eigenvalue weighted by molar-refractivity contribution is 0.901. The summed E-state index contributed by atoms with van der Waals surface area (Å²) in [7, 11) is 0. The van der Waals surface area contributed by atoms with Crippen molar-refractivity contribution in [2.45, 2.75) is 9.71 Å². The van der Waals surface area contributed by atoms with Crippen LogP contribution in [-0.2, 0) is 4.33 Å². The second-order valence-corrected chi connectivity index (χ2v) is 6.92. The normalized spacial score (nSPS) is 19.7. The van der Waals surface area contributed by atoms with Crippen LogP contribution in [0.2, 0.25) is 10.0 Å². The Balaban J connectivity index is 2.40. The van der Waals surface area contributed by atoms with Gasteiger partial charge in [-0.15, -0.1) is 11.6 Å². The molecule has 98 valence electrons. The molecule has 0 nitrogen and oxygen atoms in total. The van der Waals surface area contributed by atoms with Crippen LogP contribution in [0.1, 0.15) is 27.6 Å². The monoisotopic (exact) mass is 350 g/mol. The summed E-state index contributed by atoms with van der Waals surface area (Å²) in [5.41, 5.74) is 2.85. The molecule has 19 heavy (non-hydrogen) atoms. The highest BCUT2D eigenvalue weighted by Gasteiger charge is 2.43. The van der Waals surface area contributed by atoms with Gasteiger partial charge in [-0.25, -0.2) is 0 Å². The van der Waals surface area contributed by atoms with Gasteiger partial charge in [-0.3, -0.25) is 0 Å². The Labute approximate surface area is 136 Å². The molecule has 1 aliphatic carbocycles. The first kappa shape index (κ1) is 13.9. The summed E-state index contributed by atoms with van der Waals surface area (Å²) < 4.78 is -1.25. The van der Waals surface area contributed by atoms with Gasteiger partial charge in [0.25, 0.3) is 0 Å². The first-order valence-corrected chi connectivity index (χ1v) is 7.49. The average Bonchev–Trinajstić information content (AvgIpc) is 2.35. The first-order valence-electron chi connectivity index (χ1n) is 5.54. The van der Waals surface area contributed by atoms with Crippen molar-refractivity contribution in [3.05, 3.63) is 68.7 Å². The summed E-state index contributed by atoms with van der Waals surface area (Å²) in [6.45, 7) is 0. The van der Waals surface area contributed by atoms with Crippen LogP contribution in [0.5, 0.6) is 0 Å². The number of fused-ring (bicyclic) bond motifs is 2. The van der Waals surface area contributed by atoms with Crippen LogP contribution in [0.15, 0.2) is 36.4 Å². The van der Waals surface area contributed by atoms with E-state index in [9.17, 15) is 0 Å². The summed E-state index contributed by atoms with van der Waals surface area (Å²) in [6, 6.07) is 10.8. The van der Waals surface area contributed by atoms with E-state index in [4.69, 9.17) is 58.0 Å². The second kappa shape index (κ2) is 4.72. The average molecular weight is 352 g/mol.